The molecule has 1 aromatic carbocycles. The summed E-state index contributed by atoms with van der Waals surface area (Å²) in [6.45, 7) is 0.703. The smallest absolute Gasteiger partial charge is 0.137 e. The van der Waals surface area contributed by atoms with Gasteiger partial charge in [-0.1, -0.05) is 6.07 Å². The number of pyridine rings is 1. The topological polar surface area (TPSA) is 56.0 Å². The van der Waals surface area contributed by atoms with Crippen molar-refractivity contribution in [1.82, 2.24) is 9.38 Å². The molecule has 2 aromatic heterocycles. The number of aromatic nitrogens is 2. The average Bonchev–Trinajstić information content (AvgIpc) is 3.08. The van der Waals surface area contributed by atoms with Crippen LogP contribution in [0.15, 0.2) is 48.8 Å². The van der Waals surface area contributed by atoms with Crippen LogP contribution in [0.2, 0.25) is 0 Å². The quantitative estimate of drug-likeness (QED) is 0.801. The lowest BCUT2D eigenvalue weighted by atomic mass is 10.1. The summed E-state index contributed by atoms with van der Waals surface area (Å²) < 4.78 is 13.1. The van der Waals surface area contributed by atoms with Crippen LogP contribution >= 0.6 is 0 Å². The first kappa shape index (κ1) is 12.2. The van der Waals surface area contributed by atoms with E-state index in [1.165, 1.54) is 0 Å². The van der Waals surface area contributed by atoms with Crippen LogP contribution in [0.25, 0.3) is 5.65 Å². The molecule has 0 amide bonds. The fourth-order valence-electron chi connectivity index (χ4n) is 2.48. The zero-order valence-corrected chi connectivity index (χ0v) is 11.3. The predicted octanol–water partition coefficient (Wildman–Crippen LogP) is 2.34. The molecule has 0 bridgehead atoms. The maximum atomic E-state index is 9.68. The summed E-state index contributed by atoms with van der Waals surface area (Å²) in [7, 11) is 0. The van der Waals surface area contributed by atoms with Crippen LogP contribution in [0, 0.1) is 0 Å². The molecule has 5 heteroatoms. The third-order valence-corrected chi connectivity index (χ3v) is 3.54. The van der Waals surface area contributed by atoms with Gasteiger partial charge in [0.1, 0.15) is 36.5 Å². The highest BCUT2D eigenvalue weighted by atomic mass is 16.5. The molecule has 3 heterocycles. The molecule has 3 aromatic rings. The van der Waals surface area contributed by atoms with Gasteiger partial charge in [0.15, 0.2) is 0 Å². The Hall–Kier alpha value is -2.53. The Balaban J connectivity index is 1.51. The summed E-state index contributed by atoms with van der Waals surface area (Å²) in [5.41, 5.74) is 2.58. The molecule has 0 fully saturated rings. The van der Waals surface area contributed by atoms with Crippen LogP contribution in [0.3, 0.4) is 0 Å². The van der Waals surface area contributed by atoms with Gasteiger partial charge in [0.2, 0.25) is 0 Å². The number of nitrogens with zero attached hydrogens (tertiary/aromatic N) is 2. The number of rotatable bonds is 3. The first-order valence-electron chi connectivity index (χ1n) is 6.80. The molecular weight excluding hydrogens is 268 g/mol. The number of ether oxygens (including phenoxy) is 2. The van der Waals surface area contributed by atoms with E-state index in [-0.39, 0.29) is 0 Å². The Morgan fingerprint density at radius 3 is 3.19 bits per heavy atom. The predicted molar refractivity (Wildman–Crippen MR) is 76.4 cm³/mol. The van der Waals surface area contributed by atoms with Crippen molar-refractivity contribution in [3.63, 3.8) is 0 Å². The maximum absolute atomic E-state index is 9.68. The molecular formula is C16H14N2O3. The highest BCUT2D eigenvalue weighted by molar-refractivity contribution is 5.44. The zero-order chi connectivity index (χ0) is 14.2. The second kappa shape index (κ2) is 4.79. The summed E-state index contributed by atoms with van der Waals surface area (Å²) in [5.74, 6) is 1.40. The summed E-state index contributed by atoms with van der Waals surface area (Å²) in [6, 6.07) is 11.4. The molecule has 1 N–H and O–H groups in total. The SMILES string of the molecule is OC1COc2cc(OCc3cn4ccccc4n3)ccc21. The molecule has 1 unspecified atom stereocenters. The van der Waals surface area contributed by atoms with Gasteiger partial charge < -0.3 is 19.0 Å². The molecule has 1 atom stereocenters. The molecule has 5 nitrogen and oxygen atoms in total. The van der Waals surface area contributed by atoms with Crippen LogP contribution < -0.4 is 9.47 Å². The highest BCUT2D eigenvalue weighted by Crippen LogP contribution is 2.35. The van der Waals surface area contributed by atoms with Gasteiger partial charge in [-0.25, -0.2) is 4.98 Å². The van der Waals surface area contributed by atoms with Crippen molar-refractivity contribution in [2.24, 2.45) is 0 Å². The highest BCUT2D eigenvalue weighted by Gasteiger charge is 2.22. The molecule has 1 aliphatic heterocycles. The van der Waals surface area contributed by atoms with E-state index in [9.17, 15) is 5.11 Å². The fraction of sp³-hybridized carbons (Fsp3) is 0.188. The number of hydrogen-bond donors (Lipinski definition) is 1. The molecule has 1 aliphatic rings. The van der Waals surface area contributed by atoms with Gasteiger partial charge in [-0.05, 0) is 24.3 Å². The molecule has 21 heavy (non-hydrogen) atoms. The second-order valence-corrected chi connectivity index (χ2v) is 5.01. The van der Waals surface area contributed by atoms with Gasteiger partial charge in [-0.3, -0.25) is 0 Å². The van der Waals surface area contributed by atoms with Crippen LogP contribution in [0.1, 0.15) is 17.4 Å². The Morgan fingerprint density at radius 2 is 2.29 bits per heavy atom. The molecule has 0 saturated carbocycles. The normalized spacial score (nSPS) is 16.7. The Kier molecular flexibility index (Phi) is 2.79. The first-order chi connectivity index (χ1) is 10.3. The lowest BCUT2D eigenvalue weighted by molar-refractivity contribution is 0.140. The third-order valence-electron chi connectivity index (χ3n) is 3.54. The van der Waals surface area contributed by atoms with Gasteiger partial charge in [-0.15, -0.1) is 0 Å². The van der Waals surface area contributed by atoms with Crippen LogP contribution in [0.5, 0.6) is 11.5 Å². The van der Waals surface area contributed by atoms with E-state index in [1.54, 1.807) is 6.07 Å². The monoisotopic (exact) mass is 282 g/mol. The Labute approximate surface area is 121 Å². The Bertz CT molecular complexity index is 764. The summed E-state index contributed by atoms with van der Waals surface area (Å²) in [6.07, 6.45) is 3.37. The van der Waals surface area contributed by atoms with E-state index in [1.807, 2.05) is 47.1 Å². The summed E-state index contributed by atoms with van der Waals surface area (Å²) in [5, 5.41) is 9.68. The number of imidazole rings is 1. The van der Waals surface area contributed by atoms with Gasteiger partial charge in [-0.2, -0.15) is 0 Å². The van der Waals surface area contributed by atoms with Crippen molar-refractivity contribution in [3.05, 3.63) is 60.0 Å². The van der Waals surface area contributed by atoms with Crippen LogP contribution in [-0.2, 0) is 6.61 Å². The molecule has 0 radical (unpaired) electrons. The van der Waals surface area contributed by atoms with E-state index >= 15 is 0 Å². The maximum Gasteiger partial charge on any atom is 0.137 e. The standard InChI is InChI=1S/C16H14N2O3/c19-14-10-21-15-7-12(4-5-13(14)15)20-9-11-8-18-6-2-1-3-16(18)17-11/h1-8,14,19H,9-10H2. The number of fused-ring (bicyclic) bond motifs is 2. The fourth-order valence-corrected chi connectivity index (χ4v) is 2.48. The molecule has 0 saturated heterocycles. The van der Waals surface area contributed by atoms with Crippen LogP contribution in [0.4, 0.5) is 0 Å². The van der Waals surface area contributed by atoms with E-state index in [0.717, 1.165) is 16.9 Å². The summed E-state index contributed by atoms with van der Waals surface area (Å²) >= 11 is 0. The largest absolute Gasteiger partial charge is 0.490 e. The van der Waals surface area contributed by atoms with Gasteiger partial charge in [0.05, 0.1) is 5.69 Å². The number of aliphatic hydroxyl groups excluding tert-OH is 1. The van der Waals surface area contributed by atoms with E-state index in [0.29, 0.717) is 24.7 Å². The van der Waals surface area contributed by atoms with E-state index < -0.39 is 6.10 Å². The van der Waals surface area contributed by atoms with Crippen LogP contribution in [-0.4, -0.2) is 21.1 Å². The van der Waals surface area contributed by atoms with Crippen molar-refractivity contribution in [1.29, 1.82) is 0 Å². The summed E-state index contributed by atoms with van der Waals surface area (Å²) in [4.78, 5) is 4.48. The minimum Gasteiger partial charge on any atom is -0.490 e. The van der Waals surface area contributed by atoms with Crippen molar-refractivity contribution in [3.8, 4) is 11.5 Å². The van der Waals surface area contributed by atoms with E-state index in [2.05, 4.69) is 4.98 Å². The number of hydrogen-bond acceptors (Lipinski definition) is 4. The molecule has 4 rings (SSSR count). The minimum atomic E-state index is -0.535. The minimum absolute atomic E-state index is 0.311. The zero-order valence-electron chi connectivity index (χ0n) is 11.3. The van der Waals surface area contributed by atoms with Crippen molar-refractivity contribution in [2.75, 3.05) is 6.61 Å². The van der Waals surface area contributed by atoms with Gasteiger partial charge in [0, 0.05) is 24.0 Å². The van der Waals surface area contributed by atoms with E-state index in [4.69, 9.17) is 9.47 Å². The molecule has 0 spiro atoms. The van der Waals surface area contributed by atoms with Gasteiger partial charge in [0.25, 0.3) is 0 Å². The average molecular weight is 282 g/mol. The molecule has 106 valence electrons. The van der Waals surface area contributed by atoms with Crippen molar-refractivity contribution >= 4 is 5.65 Å². The third kappa shape index (κ3) is 2.21. The number of aliphatic hydroxyl groups is 1. The lowest BCUT2D eigenvalue weighted by Crippen LogP contribution is -1.97. The van der Waals surface area contributed by atoms with Crippen molar-refractivity contribution < 1.29 is 14.6 Å². The molecule has 0 aliphatic carbocycles. The van der Waals surface area contributed by atoms with Gasteiger partial charge >= 0.3 is 0 Å². The number of benzene rings is 1. The first-order valence-corrected chi connectivity index (χ1v) is 6.80. The Morgan fingerprint density at radius 1 is 1.33 bits per heavy atom. The van der Waals surface area contributed by atoms with Crippen molar-refractivity contribution in [2.45, 2.75) is 12.7 Å². The lowest BCUT2D eigenvalue weighted by Gasteiger charge is -2.06. The second-order valence-electron chi connectivity index (χ2n) is 5.01.